The van der Waals surface area contributed by atoms with Gasteiger partial charge in [0, 0.05) is 16.6 Å². The molecule has 0 saturated carbocycles. The molecule has 5 nitrogen and oxygen atoms in total. The number of hydrogen-bond acceptors (Lipinski definition) is 6. The number of rotatable bonds is 11. The Balaban J connectivity index is 2.62. The number of alkyl halides is 1. The summed E-state index contributed by atoms with van der Waals surface area (Å²) in [7, 11) is 0. The Morgan fingerprint density at radius 1 is 1.26 bits per heavy atom. The predicted molar refractivity (Wildman–Crippen MR) is 96.3 cm³/mol. The average Bonchev–Trinajstić information content (AvgIpc) is 2.97. The molecule has 1 aromatic heterocycles. The minimum absolute atomic E-state index is 0.187. The summed E-state index contributed by atoms with van der Waals surface area (Å²) in [5.41, 5.74) is 0. The highest BCUT2D eigenvalue weighted by atomic mass is 79.9. The first kappa shape index (κ1) is 20.0. The number of ether oxygens (including phenoxy) is 2. The molecule has 1 heterocycles. The van der Waals surface area contributed by atoms with Crippen LogP contribution in [-0.2, 0) is 25.5 Å². The molecule has 0 unspecified atom stereocenters. The summed E-state index contributed by atoms with van der Waals surface area (Å²) >= 11 is 5.05. The molecule has 1 N–H and O–H groups in total. The van der Waals surface area contributed by atoms with Crippen molar-refractivity contribution in [1.82, 2.24) is 0 Å². The SMILES string of the molecule is CCOC(=O)CC[C@H](Nc1ccc(CCCBr)s1)C(=O)OCC. The smallest absolute Gasteiger partial charge is 0.328 e. The first-order valence-electron chi connectivity index (χ1n) is 7.84. The number of carbonyl (C=O) groups excluding carboxylic acids is 2. The maximum absolute atomic E-state index is 12.1. The van der Waals surface area contributed by atoms with Gasteiger partial charge >= 0.3 is 11.9 Å². The molecule has 0 bridgehead atoms. The summed E-state index contributed by atoms with van der Waals surface area (Å²) in [6, 6.07) is 3.48. The number of nitrogens with one attached hydrogen (secondary N) is 1. The number of halogens is 1. The Morgan fingerprint density at radius 3 is 2.65 bits per heavy atom. The van der Waals surface area contributed by atoms with Crippen LogP contribution in [0.4, 0.5) is 5.00 Å². The lowest BCUT2D eigenvalue weighted by Gasteiger charge is -2.16. The van der Waals surface area contributed by atoms with Crippen molar-refractivity contribution < 1.29 is 19.1 Å². The highest BCUT2D eigenvalue weighted by Crippen LogP contribution is 2.25. The number of carbonyl (C=O) groups is 2. The van der Waals surface area contributed by atoms with Crippen molar-refractivity contribution >= 4 is 44.2 Å². The molecular formula is C16H24BrNO4S. The molecule has 7 heteroatoms. The standard InChI is InChI=1S/C16H24BrNO4S/c1-3-21-15(19)10-8-13(16(20)22-4-2)18-14-9-7-12(23-14)6-5-11-17/h7,9,13,18H,3-6,8,10-11H2,1-2H3/t13-/m0/s1. The van der Waals surface area contributed by atoms with Crippen LogP contribution in [0.15, 0.2) is 12.1 Å². The van der Waals surface area contributed by atoms with E-state index in [1.54, 1.807) is 25.2 Å². The van der Waals surface area contributed by atoms with Crippen LogP contribution in [0.25, 0.3) is 0 Å². The van der Waals surface area contributed by atoms with Gasteiger partial charge in [-0.15, -0.1) is 11.3 Å². The molecule has 0 radical (unpaired) electrons. The second kappa shape index (κ2) is 11.5. The van der Waals surface area contributed by atoms with Crippen molar-refractivity contribution in [1.29, 1.82) is 0 Å². The van der Waals surface area contributed by atoms with Gasteiger partial charge in [0.25, 0.3) is 0 Å². The zero-order valence-corrected chi connectivity index (χ0v) is 16.0. The van der Waals surface area contributed by atoms with Crippen molar-refractivity contribution in [3.8, 4) is 0 Å². The maximum atomic E-state index is 12.1. The summed E-state index contributed by atoms with van der Waals surface area (Å²) in [4.78, 5) is 24.8. The van der Waals surface area contributed by atoms with Gasteiger partial charge < -0.3 is 14.8 Å². The normalized spacial score (nSPS) is 11.8. The second-order valence-electron chi connectivity index (χ2n) is 4.85. The molecule has 0 aliphatic heterocycles. The topological polar surface area (TPSA) is 64.6 Å². The first-order valence-corrected chi connectivity index (χ1v) is 9.77. The molecule has 0 amide bonds. The molecule has 0 spiro atoms. The van der Waals surface area contributed by atoms with E-state index < -0.39 is 6.04 Å². The lowest BCUT2D eigenvalue weighted by atomic mass is 10.1. The number of thiophene rings is 1. The molecule has 1 rings (SSSR count). The van der Waals surface area contributed by atoms with E-state index in [2.05, 4.69) is 27.3 Å². The molecule has 0 aromatic carbocycles. The van der Waals surface area contributed by atoms with Gasteiger partial charge in [-0.1, -0.05) is 15.9 Å². The van der Waals surface area contributed by atoms with Crippen LogP contribution in [0, 0.1) is 0 Å². The third-order valence-electron chi connectivity index (χ3n) is 3.05. The summed E-state index contributed by atoms with van der Waals surface area (Å²) < 4.78 is 10.00. The summed E-state index contributed by atoms with van der Waals surface area (Å²) in [5, 5.41) is 5.07. The monoisotopic (exact) mass is 405 g/mol. The largest absolute Gasteiger partial charge is 0.466 e. The molecule has 0 aliphatic rings. The highest BCUT2D eigenvalue weighted by molar-refractivity contribution is 9.09. The van der Waals surface area contributed by atoms with Crippen molar-refractivity contribution in [2.45, 2.75) is 45.6 Å². The quantitative estimate of drug-likeness (QED) is 0.448. The number of hydrogen-bond donors (Lipinski definition) is 1. The van der Waals surface area contributed by atoms with Gasteiger partial charge in [-0.2, -0.15) is 0 Å². The molecule has 0 aliphatic carbocycles. The maximum Gasteiger partial charge on any atom is 0.328 e. The Hall–Kier alpha value is -1.08. The van der Waals surface area contributed by atoms with E-state index in [1.165, 1.54) is 4.88 Å². The third-order valence-corrected chi connectivity index (χ3v) is 4.69. The van der Waals surface area contributed by atoms with Crippen LogP contribution in [0.3, 0.4) is 0 Å². The minimum atomic E-state index is -0.540. The van der Waals surface area contributed by atoms with Gasteiger partial charge in [0.05, 0.1) is 18.2 Å². The molecule has 1 aromatic rings. The van der Waals surface area contributed by atoms with Crippen LogP contribution in [0.5, 0.6) is 0 Å². The highest BCUT2D eigenvalue weighted by Gasteiger charge is 2.21. The van der Waals surface area contributed by atoms with Crippen LogP contribution in [-0.4, -0.2) is 36.5 Å². The van der Waals surface area contributed by atoms with Gasteiger partial charge in [0.2, 0.25) is 0 Å². The first-order chi connectivity index (χ1) is 11.1. The Kier molecular flexibility index (Phi) is 9.94. The van der Waals surface area contributed by atoms with E-state index >= 15 is 0 Å². The van der Waals surface area contributed by atoms with Gasteiger partial charge in [-0.25, -0.2) is 4.79 Å². The second-order valence-corrected chi connectivity index (χ2v) is 6.81. The lowest BCUT2D eigenvalue weighted by molar-refractivity contribution is -0.145. The van der Waals surface area contributed by atoms with Crippen molar-refractivity contribution in [2.75, 3.05) is 23.9 Å². The van der Waals surface area contributed by atoms with E-state index in [4.69, 9.17) is 9.47 Å². The zero-order chi connectivity index (χ0) is 17.1. The Bertz CT molecular complexity index is 492. The van der Waals surface area contributed by atoms with Gasteiger partial charge in [-0.05, 0) is 45.2 Å². The molecular weight excluding hydrogens is 382 g/mol. The number of esters is 2. The molecule has 0 fully saturated rings. The third kappa shape index (κ3) is 7.83. The molecule has 130 valence electrons. The molecule has 23 heavy (non-hydrogen) atoms. The van der Waals surface area contributed by atoms with Crippen molar-refractivity contribution in [3.05, 3.63) is 17.0 Å². The van der Waals surface area contributed by atoms with Crippen LogP contribution in [0.1, 0.15) is 38.0 Å². The number of anilines is 1. The van der Waals surface area contributed by atoms with Crippen molar-refractivity contribution in [3.63, 3.8) is 0 Å². The minimum Gasteiger partial charge on any atom is -0.466 e. The van der Waals surface area contributed by atoms with E-state index in [0.29, 0.717) is 19.6 Å². The van der Waals surface area contributed by atoms with Crippen LogP contribution in [0.2, 0.25) is 0 Å². The summed E-state index contributed by atoms with van der Waals surface area (Å²) in [6.45, 7) is 4.19. The summed E-state index contributed by atoms with van der Waals surface area (Å²) in [6.07, 6.45) is 2.62. The molecule has 0 saturated heterocycles. The molecule has 1 atom stereocenters. The van der Waals surface area contributed by atoms with E-state index in [-0.39, 0.29) is 18.4 Å². The van der Waals surface area contributed by atoms with Crippen LogP contribution < -0.4 is 5.32 Å². The van der Waals surface area contributed by atoms with Gasteiger partial charge in [-0.3, -0.25) is 4.79 Å². The Morgan fingerprint density at radius 2 is 2.00 bits per heavy atom. The van der Waals surface area contributed by atoms with Gasteiger partial charge in [0.1, 0.15) is 6.04 Å². The van der Waals surface area contributed by atoms with E-state index in [9.17, 15) is 9.59 Å². The fraction of sp³-hybridized carbons (Fsp3) is 0.625. The Labute approximate surface area is 149 Å². The summed E-state index contributed by atoms with van der Waals surface area (Å²) in [5.74, 6) is -0.639. The fourth-order valence-electron chi connectivity index (χ4n) is 1.99. The average molecular weight is 406 g/mol. The fourth-order valence-corrected chi connectivity index (χ4v) is 3.27. The van der Waals surface area contributed by atoms with Gasteiger partial charge in [0.15, 0.2) is 0 Å². The number of aryl methyl sites for hydroxylation is 1. The lowest BCUT2D eigenvalue weighted by Crippen LogP contribution is -2.32. The van der Waals surface area contributed by atoms with Crippen LogP contribution >= 0.6 is 27.3 Å². The van der Waals surface area contributed by atoms with E-state index in [0.717, 1.165) is 23.2 Å². The van der Waals surface area contributed by atoms with E-state index in [1.807, 2.05) is 6.07 Å². The van der Waals surface area contributed by atoms with Crippen molar-refractivity contribution in [2.24, 2.45) is 0 Å². The predicted octanol–water partition coefficient (Wildman–Crippen LogP) is 3.76. The zero-order valence-electron chi connectivity index (χ0n) is 13.6.